The Morgan fingerprint density at radius 3 is 2.70 bits per heavy atom. The summed E-state index contributed by atoms with van der Waals surface area (Å²) in [4.78, 5) is 14.6. The number of fused-ring (bicyclic) bond motifs is 3. The molecule has 2 aliphatic heterocycles. The number of nitrogens with zero attached hydrogens (tertiary/aromatic N) is 1. The summed E-state index contributed by atoms with van der Waals surface area (Å²) in [6.07, 6.45) is 5.18. The molecule has 0 bridgehead atoms. The van der Waals surface area contributed by atoms with Gasteiger partial charge in [-0.1, -0.05) is 63.2 Å². The van der Waals surface area contributed by atoms with E-state index in [1.807, 2.05) is 30.3 Å². The fourth-order valence-corrected chi connectivity index (χ4v) is 4.31. The molecule has 1 amide bonds. The van der Waals surface area contributed by atoms with Crippen molar-refractivity contribution in [2.45, 2.75) is 38.3 Å². The second-order valence-electron chi connectivity index (χ2n) is 7.76. The minimum absolute atomic E-state index is 0.0535. The molecule has 2 aromatic rings. The highest BCUT2D eigenvalue weighted by atomic mass is 16.5. The van der Waals surface area contributed by atoms with Gasteiger partial charge in [-0.2, -0.15) is 0 Å². The zero-order valence-corrected chi connectivity index (χ0v) is 16.2. The predicted octanol–water partition coefficient (Wildman–Crippen LogP) is 4.11. The van der Waals surface area contributed by atoms with E-state index in [1.165, 1.54) is 5.56 Å². The van der Waals surface area contributed by atoms with Gasteiger partial charge in [0.15, 0.2) is 0 Å². The predicted molar refractivity (Wildman–Crippen MR) is 109 cm³/mol. The molecule has 2 heterocycles. The molecule has 1 N–H and O–H groups in total. The number of para-hydroxylation sites is 2. The summed E-state index contributed by atoms with van der Waals surface area (Å²) < 4.78 is 5.89. The van der Waals surface area contributed by atoms with Gasteiger partial charge in [-0.15, -0.1) is 0 Å². The highest BCUT2D eigenvalue weighted by Gasteiger charge is 2.59. The molecule has 1 fully saturated rings. The fraction of sp³-hybridized carbons (Fsp3) is 0.348. The Labute approximate surface area is 160 Å². The van der Waals surface area contributed by atoms with Crippen molar-refractivity contribution >= 4 is 17.7 Å². The molecule has 4 nitrogen and oxygen atoms in total. The lowest BCUT2D eigenvalue weighted by Crippen LogP contribution is -2.58. The van der Waals surface area contributed by atoms with Gasteiger partial charge < -0.3 is 15.0 Å². The van der Waals surface area contributed by atoms with Crippen molar-refractivity contribution in [2.24, 2.45) is 0 Å². The van der Waals surface area contributed by atoms with E-state index in [9.17, 15) is 4.79 Å². The second kappa shape index (κ2) is 6.45. The van der Waals surface area contributed by atoms with E-state index in [4.69, 9.17) is 4.74 Å². The number of carbonyl (C=O) groups is 1. The highest BCUT2D eigenvalue weighted by molar-refractivity contribution is 5.91. The lowest BCUT2D eigenvalue weighted by Gasteiger charge is -2.40. The van der Waals surface area contributed by atoms with Crippen LogP contribution in [-0.4, -0.2) is 24.7 Å². The molecular formula is C23H26N2O2. The van der Waals surface area contributed by atoms with Crippen molar-refractivity contribution in [2.75, 3.05) is 18.1 Å². The summed E-state index contributed by atoms with van der Waals surface area (Å²) in [5, 5.41) is 3.26. The van der Waals surface area contributed by atoms with Gasteiger partial charge in [-0.05, 0) is 30.2 Å². The monoisotopic (exact) mass is 362 g/mol. The Balaban J connectivity index is 1.77. The fourth-order valence-electron chi connectivity index (χ4n) is 4.31. The molecule has 0 spiro atoms. The van der Waals surface area contributed by atoms with Gasteiger partial charge in [0.2, 0.25) is 5.91 Å². The van der Waals surface area contributed by atoms with Crippen LogP contribution < -0.4 is 15.0 Å². The Morgan fingerprint density at radius 2 is 1.89 bits per heavy atom. The molecule has 2 aromatic carbocycles. The number of amides is 1. The first kappa shape index (κ1) is 17.7. The zero-order chi connectivity index (χ0) is 19.1. The van der Waals surface area contributed by atoms with Gasteiger partial charge in [0.05, 0.1) is 13.2 Å². The number of rotatable bonds is 5. The molecule has 0 aliphatic carbocycles. The average Bonchev–Trinajstić information content (AvgIpc) is 3.10. The maximum absolute atomic E-state index is 12.4. The Kier molecular flexibility index (Phi) is 4.22. The van der Waals surface area contributed by atoms with Crippen LogP contribution in [0.15, 0.2) is 54.6 Å². The molecule has 0 radical (unpaired) electrons. The third kappa shape index (κ3) is 2.62. The van der Waals surface area contributed by atoms with E-state index in [2.05, 4.69) is 61.3 Å². The quantitative estimate of drug-likeness (QED) is 0.870. The van der Waals surface area contributed by atoms with E-state index in [1.54, 1.807) is 0 Å². The van der Waals surface area contributed by atoms with Gasteiger partial charge in [0, 0.05) is 16.7 Å². The van der Waals surface area contributed by atoms with Crippen LogP contribution in [0.1, 0.15) is 38.3 Å². The number of ether oxygens (including phenoxy) is 1. The van der Waals surface area contributed by atoms with Crippen LogP contribution in [0.4, 0.5) is 5.69 Å². The molecule has 0 aromatic heterocycles. The first-order chi connectivity index (χ1) is 13.0. The lowest BCUT2D eigenvalue weighted by molar-refractivity contribution is -0.118. The first-order valence-corrected chi connectivity index (χ1v) is 9.59. The number of anilines is 1. The van der Waals surface area contributed by atoms with Crippen molar-refractivity contribution in [1.82, 2.24) is 5.32 Å². The minimum Gasteiger partial charge on any atom is -0.493 e. The first-order valence-electron chi connectivity index (χ1n) is 9.59. The van der Waals surface area contributed by atoms with Crippen molar-refractivity contribution in [3.63, 3.8) is 0 Å². The second-order valence-corrected chi connectivity index (χ2v) is 7.76. The van der Waals surface area contributed by atoms with Crippen molar-refractivity contribution < 1.29 is 9.53 Å². The molecule has 27 heavy (non-hydrogen) atoms. The maximum Gasteiger partial charge on any atom is 0.241 e. The van der Waals surface area contributed by atoms with E-state index >= 15 is 0 Å². The normalized spacial score (nSPS) is 22.6. The van der Waals surface area contributed by atoms with Gasteiger partial charge in [0.25, 0.3) is 0 Å². The van der Waals surface area contributed by atoms with E-state index < -0.39 is 5.66 Å². The smallest absolute Gasteiger partial charge is 0.241 e. The van der Waals surface area contributed by atoms with Gasteiger partial charge in [0.1, 0.15) is 11.4 Å². The van der Waals surface area contributed by atoms with E-state index in [0.29, 0.717) is 13.2 Å². The van der Waals surface area contributed by atoms with Crippen LogP contribution >= 0.6 is 0 Å². The SMILES string of the molecule is CCCOc1ccccc1C=C[C@@]12NC(=O)CN1c1ccccc1C2(C)C. The Morgan fingerprint density at radius 1 is 1.15 bits per heavy atom. The number of benzene rings is 2. The van der Waals surface area contributed by atoms with Crippen molar-refractivity contribution in [3.8, 4) is 5.75 Å². The topological polar surface area (TPSA) is 41.6 Å². The summed E-state index contributed by atoms with van der Waals surface area (Å²) in [6.45, 7) is 7.55. The summed E-state index contributed by atoms with van der Waals surface area (Å²) in [5.41, 5.74) is 2.57. The highest BCUT2D eigenvalue weighted by Crippen LogP contribution is 2.52. The number of hydrogen-bond acceptors (Lipinski definition) is 3. The standard InChI is InChI=1S/C23H26N2O2/c1-4-15-27-20-12-8-5-9-17(20)13-14-23-22(2,3)18-10-6-7-11-19(18)25(23)16-21(26)24-23/h5-14H,4,15-16H2,1-3H3,(H,24,26)/t23-/m1/s1. The third-order valence-electron chi connectivity index (χ3n) is 5.76. The van der Waals surface area contributed by atoms with Gasteiger partial charge in [-0.25, -0.2) is 0 Å². The number of nitrogens with one attached hydrogen (secondary N) is 1. The van der Waals surface area contributed by atoms with E-state index in [0.717, 1.165) is 23.4 Å². The lowest BCUT2D eigenvalue weighted by atomic mass is 9.75. The van der Waals surface area contributed by atoms with Crippen LogP contribution in [0.2, 0.25) is 0 Å². The van der Waals surface area contributed by atoms with Crippen LogP contribution in [0.5, 0.6) is 5.75 Å². The summed E-state index contributed by atoms with van der Waals surface area (Å²) in [6, 6.07) is 16.4. The van der Waals surface area contributed by atoms with Crippen LogP contribution in [-0.2, 0) is 10.2 Å². The summed E-state index contributed by atoms with van der Waals surface area (Å²) >= 11 is 0. The van der Waals surface area contributed by atoms with Gasteiger partial charge in [-0.3, -0.25) is 4.79 Å². The average molecular weight is 362 g/mol. The van der Waals surface area contributed by atoms with Crippen molar-refractivity contribution in [1.29, 1.82) is 0 Å². The molecule has 140 valence electrons. The van der Waals surface area contributed by atoms with Crippen LogP contribution in [0, 0.1) is 0 Å². The zero-order valence-electron chi connectivity index (χ0n) is 16.2. The Bertz CT molecular complexity index is 903. The molecule has 4 rings (SSSR count). The molecule has 4 heteroatoms. The molecular weight excluding hydrogens is 336 g/mol. The van der Waals surface area contributed by atoms with Crippen LogP contribution in [0.3, 0.4) is 0 Å². The maximum atomic E-state index is 12.4. The molecule has 1 saturated heterocycles. The third-order valence-corrected chi connectivity index (χ3v) is 5.76. The van der Waals surface area contributed by atoms with Gasteiger partial charge >= 0.3 is 0 Å². The molecule has 1 atom stereocenters. The van der Waals surface area contributed by atoms with Crippen molar-refractivity contribution in [3.05, 3.63) is 65.7 Å². The molecule has 2 aliphatic rings. The Hall–Kier alpha value is -2.75. The number of carbonyl (C=O) groups excluding carboxylic acids is 1. The largest absolute Gasteiger partial charge is 0.493 e. The summed E-state index contributed by atoms with van der Waals surface area (Å²) in [5.74, 6) is 0.925. The molecule has 0 unspecified atom stereocenters. The summed E-state index contributed by atoms with van der Waals surface area (Å²) in [7, 11) is 0. The molecule has 0 saturated carbocycles. The minimum atomic E-state index is -0.578. The van der Waals surface area contributed by atoms with E-state index in [-0.39, 0.29) is 11.3 Å². The van der Waals surface area contributed by atoms with Crippen LogP contribution in [0.25, 0.3) is 6.08 Å². The number of hydrogen-bond donors (Lipinski definition) is 1.